The van der Waals surface area contributed by atoms with Crippen molar-refractivity contribution in [3.8, 4) is 0 Å². The number of sulfonamides is 1. The third kappa shape index (κ3) is 2.66. The summed E-state index contributed by atoms with van der Waals surface area (Å²) in [5, 5.41) is 5.58. The molecule has 0 aromatic heterocycles. The molecule has 2 atom stereocenters. The fourth-order valence-corrected chi connectivity index (χ4v) is 5.65. The Bertz CT molecular complexity index is 853. The van der Waals surface area contributed by atoms with E-state index >= 15 is 0 Å². The molecule has 2 fully saturated rings. The van der Waals surface area contributed by atoms with Gasteiger partial charge >= 0.3 is 0 Å². The van der Waals surface area contributed by atoms with E-state index in [9.17, 15) is 8.42 Å². The second-order valence-electron chi connectivity index (χ2n) is 6.38. The molecule has 4 nitrogen and oxygen atoms in total. The van der Waals surface area contributed by atoms with Crippen molar-refractivity contribution in [2.24, 2.45) is 0 Å². The van der Waals surface area contributed by atoms with E-state index in [0.29, 0.717) is 34.4 Å². The van der Waals surface area contributed by atoms with Crippen molar-refractivity contribution in [2.45, 2.75) is 36.2 Å². The number of halogens is 1. The van der Waals surface area contributed by atoms with Crippen LogP contribution >= 0.6 is 11.6 Å². The van der Waals surface area contributed by atoms with Crippen molar-refractivity contribution in [3.05, 3.63) is 41.4 Å². The molecule has 2 saturated heterocycles. The fourth-order valence-electron chi connectivity index (χ4n) is 3.73. The maximum absolute atomic E-state index is 13.2. The lowest BCUT2D eigenvalue weighted by Gasteiger charge is -2.24. The quantitative estimate of drug-likeness (QED) is 0.905. The van der Waals surface area contributed by atoms with Crippen LogP contribution in [0.1, 0.15) is 19.3 Å². The van der Waals surface area contributed by atoms with Crippen molar-refractivity contribution in [3.63, 3.8) is 0 Å². The van der Waals surface area contributed by atoms with Crippen molar-refractivity contribution >= 4 is 32.4 Å². The maximum atomic E-state index is 13.2. The second kappa shape index (κ2) is 5.74. The zero-order chi connectivity index (χ0) is 16.0. The van der Waals surface area contributed by atoms with Crippen LogP contribution in [0.25, 0.3) is 10.8 Å². The Morgan fingerprint density at radius 3 is 2.57 bits per heavy atom. The molecule has 6 heteroatoms. The van der Waals surface area contributed by atoms with Crippen LogP contribution in [0.4, 0.5) is 0 Å². The van der Waals surface area contributed by atoms with Crippen LogP contribution < -0.4 is 5.32 Å². The Morgan fingerprint density at radius 2 is 1.74 bits per heavy atom. The lowest BCUT2D eigenvalue weighted by atomic mass is 10.1. The number of benzene rings is 2. The highest BCUT2D eigenvalue weighted by Crippen LogP contribution is 2.32. The first-order chi connectivity index (χ1) is 11.1. The highest BCUT2D eigenvalue weighted by Gasteiger charge is 2.35. The number of fused-ring (bicyclic) bond motifs is 3. The molecule has 2 bridgehead atoms. The van der Waals surface area contributed by atoms with Crippen molar-refractivity contribution in [1.82, 2.24) is 9.62 Å². The molecule has 0 spiro atoms. The summed E-state index contributed by atoms with van der Waals surface area (Å²) >= 11 is 6.22. The van der Waals surface area contributed by atoms with E-state index in [2.05, 4.69) is 5.32 Å². The Labute approximate surface area is 141 Å². The highest BCUT2D eigenvalue weighted by atomic mass is 35.5. The topological polar surface area (TPSA) is 49.4 Å². The average molecular weight is 351 g/mol. The number of nitrogens with one attached hydrogen (secondary N) is 1. The van der Waals surface area contributed by atoms with E-state index in [4.69, 9.17) is 11.6 Å². The summed E-state index contributed by atoms with van der Waals surface area (Å²) < 4.78 is 28.0. The number of hydrogen-bond acceptors (Lipinski definition) is 3. The lowest BCUT2D eigenvalue weighted by Crippen LogP contribution is -2.39. The van der Waals surface area contributed by atoms with Gasteiger partial charge in [0.2, 0.25) is 10.0 Å². The average Bonchev–Trinajstić information content (AvgIpc) is 2.86. The van der Waals surface area contributed by atoms with Gasteiger partial charge in [-0.25, -0.2) is 8.42 Å². The van der Waals surface area contributed by atoms with Crippen LogP contribution in [0.15, 0.2) is 41.3 Å². The molecular weight excluding hydrogens is 332 g/mol. The Hall–Kier alpha value is -1.14. The van der Waals surface area contributed by atoms with Crippen LogP contribution in [0.2, 0.25) is 5.02 Å². The van der Waals surface area contributed by atoms with Crippen LogP contribution in [0.3, 0.4) is 0 Å². The molecule has 2 aliphatic heterocycles. The number of rotatable bonds is 2. The Morgan fingerprint density at radius 1 is 1.00 bits per heavy atom. The van der Waals surface area contributed by atoms with Gasteiger partial charge in [-0.1, -0.05) is 35.9 Å². The third-order valence-electron chi connectivity index (χ3n) is 4.93. The minimum absolute atomic E-state index is 0.274. The standard InChI is InChI=1S/C17H19ClN2O2S/c18-16-7-8-17(15-4-2-1-3-14(15)16)23(21,22)20-10-9-12-5-6-13(11-20)19-12/h1-4,7-8,12-13,19H,5-6,9-11H2. The van der Waals surface area contributed by atoms with Gasteiger partial charge in [-0.05, 0) is 31.4 Å². The van der Waals surface area contributed by atoms with Crippen molar-refractivity contribution in [1.29, 1.82) is 0 Å². The Balaban J connectivity index is 1.78. The smallest absolute Gasteiger partial charge is 0.243 e. The van der Waals surface area contributed by atoms with E-state index < -0.39 is 10.0 Å². The summed E-state index contributed by atoms with van der Waals surface area (Å²) in [5.41, 5.74) is 0. The Kier molecular flexibility index (Phi) is 3.84. The molecule has 2 aromatic rings. The second-order valence-corrected chi connectivity index (χ2v) is 8.69. The molecule has 0 amide bonds. The molecule has 2 unspecified atom stereocenters. The van der Waals surface area contributed by atoms with Gasteiger partial charge in [-0.3, -0.25) is 0 Å². The van der Waals surface area contributed by atoms with E-state index in [0.717, 1.165) is 24.6 Å². The maximum Gasteiger partial charge on any atom is 0.243 e. The van der Waals surface area contributed by atoms with Crippen LogP contribution in [-0.4, -0.2) is 37.9 Å². The molecule has 4 rings (SSSR count). The van der Waals surface area contributed by atoms with Gasteiger partial charge in [-0.2, -0.15) is 4.31 Å². The largest absolute Gasteiger partial charge is 0.310 e. The van der Waals surface area contributed by atoms with Crippen molar-refractivity contribution in [2.75, 3.05) is 13.1 Å². The molecule has 122 valence electrons. The third-order valence-corrected chi connectivity index (χ3v) is 7.19. The normalized spacial score (nSPS) is 25.6. The highest BCUT2D eigenvalue weighted by molar-refractivity contribution is 7.89. The monoisotopic (exact) mass is 350 g/mol. The molecule has 0 aliphatic carbocycles. The van der Waals surface area contributed by atoms with Gasteiger partial charge < -0.3 is 5.32 Å². The summed E-state index contributed by atoms with van der Waals surface area (Å²) in [6, 6.07) is 11.5. The van der Waals surface area contributed by atoms with Gasteiger partial charge in [0.05, 0.1) is 4.90 Å². The molecule has 2 heterocycles. The van der Waals surface area contributed by atoms with Gasteiger partial charge in [-0.15, -0.1) is 0 Å². The summed E-state index contributed by atoms with van der Waals surface area (Å²) in [6.45, 7) is 1.13. The zero-order valence-corrected chi connectivity index (χ0v) is 14.3. The first-order valence-electron chi connectivity index (χ1n) is 7.99. The summed E-state index contributed by atoms with van der Waals surface area (Å²) in [4.78, 5) is 0.357. The fraction of sp³-hybridized carbons (Fsp3) is 0.412. The number of hydrogen-bond donors (Lipinski definition) is 1. The predicted octanol–water partition coefficient (Wildman–Crippen LogP) is 3.01. The molecule has 0 saturated carbocycles. The summed E-state index contributed by atoms with van der Waals surface area (Å²) in [6.07, 6.45) is 3.09. The first kappa shape index (κ1) is 15.4. The molecular formula is C17H19ClN2O2S. The predicted molar refractivity (Wildman–Crippen MR) is 92.3 cm³/mol. The van der Waals surface area contributed by atoms with E-state index in [1.165, 1.54) is 0 Å². The SMILES string of the molecule is O=S(=O)(c1ccc(Cl)c2ccccc12)N1CCC2CCC(C1)N2. The molecule has 0 radical (unpaired) electrons. The zero-order valence-electron chi connectivity index (χ0n) is 12.7. The van der Waals surface area contributed by atoms with E-state index in [1.807, 2.05) is 24.3 Å². The lowest BCUT2D eigenvalue weighted by molar-refractivity contribution is 0.384. The van der Waals surface area contributed by atoms with E-state index in [-0.39, 0.29) is 6.04 Å². The first-order valence-corrected chi connectivity index (χ1v) is 9.81. The molecule has 1 N–H and O–H groups in total. The van der Waals surface area contributed by atoms with E-state index in [1.54, 1.807) is 16.4 Å². The summed E-state index contributed by atoms with van der Waals surface area (Å²) in [7, 11) is -3.52. The van der Waals surface area contributed by atoms with Crippen LogP contribution in [0.5, 0.6) is 0 Å². The minimum atomic E-state index is -3.52. The van der Waals surface area contributed by atoms with Gasteiger partial charge in [0.1, 0.15) is 0 Å². The summed E-state index contributed by atoms with van der Waals surface area (Å²) in [5.74, 6) is 0. The van der Waals surface area contributed by atoms with Crippen LogP contribution in [0, 0.1) is 0 Å². The molecule has 2 aliphatic rings. The minimum Gasteiger partial charge on any atom is -0.310 e. The van der Waals surface area contributed by atoms with Gasteiger partial charge in [0.15, 0.2) is 0 Å². The van der Waals surface area contributed by atoms with Gasteiger partial charge in [0.25, 0.3) is 0 Å². The van der Waals surface area contributed by atoms with Crippen LogP contribution in [-0.2, 0) is 10.0 Å². The molecule has 23 heavy (non-hydrogen) atoms. The molecule has 2 aromatic carbocycles. The van der Waals surface area contributed by atoms with Crippen molar-refractivity contribution < 1.29 is 8.42 Å². The van der Waals surface area contributed by atoms with Gasteiger partial charge in [0, 0.05) is 41.0 Å². The number of nitrogens with zero attached hydrogens (tertiary/aromatic N) is 1.